The number of rotatable bonds is 5. The van der Waals surface area contributed by atoms with Crippen molar-refractivity contribution in [1.82, 2.24) is 5.32 Å². The van der Waals surface area contributed by atoms with Crippen LogP contribution in [0.5, 0.6) is 0 Å². The van der Waals surface area contributed by atoms with Crippen molar-refractivity contribution in [2.45, 2.75) is 19.9 Å². The van der Waals surface area contributed by atoms with Crippen LogP contribution in [0, 0.1) is 11.6 Å². The third-order valence-corrected chi connectivity index (χ3v) is 3.64. The molecule has 0 bridgehead atoms. The zero-order valence-corrected chi connectivity index (χ0v) is 12.8. The fourth-order valence-corrected chi connectivity index (χ4v) is 2.38. The molecule has 0 amide bonds. The highest BCUT2D eigenvalue weighted by molar-refractivity contribution is 9.10. The Bertz CT molecular complexity index is 599. The number of nitrogens with one attached hydrogen (secondary N) is 1. The summed E-state index contributed by atoms with van der Waals surface area (Å²) in [6.07, 6.45) is 1.04. The highest BCUT2D eigenvalue weighted by atomic mass is 79.9. The maximum Gasteiger partial charge on any atom is 0.145 e. The molecule has 0 radical (unpaired) electrons. The number of hydrogen-bond donors (Lipinski definition) is 1. The van der Waals surface area contributed by atoms with Gasteiger partial charge in [0.1, 0.15) is 11.6 Å². The first-order chi connectivity index (χ1) is 9.63. The van der Waals surface area contributed by atoms with E-state index in [2.05, 4.69) is 28.2 Å². The molecule has 2 aromatic rings. The number of halogens is 3. The van der Waals surface area contributed by atoms with Crippen LogP contribution in [0.25, 0.3) is 11.1 Å². The van der Waals surface area contributed by atoms with Gasteiger partial charge in [0.05, 0.1) is 4.47 Å². The minimum Gasteiger partial charge on any atom is -0.313 e. The summed E-state index contributed by atoms with van der Waals surface area (Å²) < 4.78 is 28.4. The van der Waals surface area contributed by atoms with E-state index in [-0.39, 0.29) is 5.56 Å². The van der Waals surface area contributed by atoms with Crippen LogP contribution in [0.15, 0.2) is 40.9 Å². The second-order valence-corrected chi connectivity index (χ2v) is 5.45. The van der Waals surface area contributed by atoms with Crippen LogP contribution in [0.1, 0.15) is 18.9 Å². The molecule has 0 aliphatic carbocycles. The van der Waals surface area contributed by atoms with Gasteiger partial charge in [-0.15, -0.1) is 0 Å². The Kier molecular flexibility index (Phi) is 5.26. The molecule has 1 nitrogen and oxygen atoms in total. The molecule has 0 spiro atoms. The first-order valence-corrected chi connectivity index (χ1v) is 7.36. The van der Waals surface area contributed by atoms with E-state index in [1.165, 1.54) is 6.07 Å². The normalized spacial score (nSPS) is 10.8. The first kappa shape index (κ1) is 15.1. The van der Waals surface area contributed by atoms with Crippen molar-refractivity contribution in [2.24, 2.45) is 0 Å². The predicted octanol–water partition coefficient (Wildman–Crippen LogP) is 4.89. The number of hydrogen-bond acceptors (Lipinski definition) is 1. The van der Waals surface area contributed by atoms with Crippen molar-refractivity contribution < 1.29 is 8.78 Å². The molecule has 0 heterocycles. The van der Waals surface area contributed by atoms with Gasteiger partial charge in [0.15, 0.2) is 0 Å². The molecule has 106 valence electrons. The van der Waals surface area contributed by atoms with Crippen molar-refractivity contribution in [3.8, 4) is 11.1 Å². The summed E-state index contributed by atoms with van der Waals surface area (Å²) in [7, 11) is 0. The molecule has 0 unspecified atom stereocenters. The van der Waals surface area contributed by atoms with Crippen LogP contribution in [0.3, 0.4) is 0 Å². The Hall–Kier alpha value is -1.26. The van der Waals surface area contributed by atoms with E-state index in [0.717, 1.165) is 18.5 Å². The van der Waals surface area contributed by atoms with E-state index in [9.17, 15) is 8.78 Å². The van der Waals surface area contributed by atoms with Crippen molar-refractivity contribution in [2.75, 3.05) is 6.54 Å². The van der Waals surface area contributed by atoms with E-state index < -0.39 is 11.6 Å². The molecular formula is C16H16BrF2N. The average Bonchev–Trinajstić information content (AvgIpc) is 2.44. The highest BCUT2D eigenvalue weighted by Gasteiger charge is 2.12. The predicted molar refractivity (Wildman–Crippen MR) is 81.5 cm³/mol. The lowest BCUT2D eigenvalue weighted by Crippen LogP contribution is -2.13. The molecule has 0 aliphatic rings. The summed E-state index contributed by atoms with van der Waals surface area (Å²) in [5, 5.41) is 3.25. The van der Waals surface area contributed by atoms with Gasteiger partial charge >= 0.3 is 0 Å². The Morgan fingerprint density at radius 1 is 1.10 bits per heavy atom. The topological polar surface area (TPSA) is 12.0 Å². The minimum atomic E-state index is -0.440. The molecule has 20 heavy (non-hydrogen) atoms. The van der Waals surface area contributed by atoms with Crippen LogP contribution in [0.2, 0.25) is 0 Å². The molecule has 2 rings (SSSR count). The van der Waals surface area contributed by atoms with Gasteiger partial charge in [0, 0.05) is 17.7 Å². The van der Waals surface area contributed by atoms with E-state index in [0.29, 0.717) is 16.6 Å². The van der Waals surface area contributed by atoms with Crippen molar-refractivity contribution in [1.29, 1.82) is 0 Å². The highest BCUT2D eigenvalue weighted by Crippen LogP contribution is 2.30. The van der Waals surface area contributed by atoms with Crippen molar-refractivity contribution in [3.05, 3.63) is 58.1 Å². The smallest absolute Gasteiger partial charge is 0.145 e. The molecule has 0 aliphatic heterocycles. The largest absolute Gasteiger partial charge is 0.313 e. The van der Waals surface area contributed by atoms with Gasteiger partial charge < -0.3 is 5.32 Å². The Labute approximate surface area is 126 Å². The van der Waals surface area contributed by atoms with Crippen LogP contribution < -0.4 is 5.32 Å². The first-order valence-electron chi connectivity index (χ1n) is 6.57. The van der Waals surface area contributed by atoms with Crippen LogP contribution in [0.4, 0.5) is 8.78 Å². The van der Waals surface area contributed by atoms with Gasteiger partial charge in [-0.25, -0.2) is 8.78 Å². The molecule has 2 aromatic carbocycles. The monoisotopic (exact) mass is 339 g/mol. The molecule has 0 aromatic heterocycles. The van der Waals surface area contributed by atoms with Gasteiger partial charge in [-0.3, -0.25) is 0 Å². The fraction of sp³-hybridized carbons (Fsp3) is 0.250. The van der Waals surface area contributed by atoms with Crippen LogP contribution in [-0.2, 0) is 6.54 Å². The van der Waals surface area contributed by atoms with E-state index >= 15 is 0 Å². The van der Waals surface area contributed by atoms with Crippen LogP contribution >= 0.6 is 15.9 Å². The van der Waals surface area contributed by atoms with Crippen molar-refractivity contribution >= 4 is 15.9 Å². The van der Waals surface area contributed by atoms with Gasteiger partial charge in [-0.1, -0.05) is 25.1 Å². The molecule has 0 saturated heterocycles. The standard InChI is InChI=1S/C16H16BrF2N/c1-2-8-20-10-11-6-7-15(18)13(9-11)12-4-3-5-14(17)16(12)19/h3-7,9,20H,2,8,10H2,1H3. The van der Waals surface area contributed by atoms with Crippen LogP contribution in [-0.4, -0.2) is 6.54 Å². The molecular weight excluding hydrogens is 324 g/mol. The molecule has 1 N–H and O–H groups in total. The summed E-state index contributed by atoms with van der Waals surface area (Å²) in [5.74, 6) is -0.855. The second-order valence-electron chi connectivity index (χ2n) is 4.59. The maximum absolute atomic E-state index is 14.1. The second kappa shape index (κ2) is 6.95. The quantitative estimate of drug-likeness (QED) is 0.764. The van der Waals surface area contributed by atoms with Gasteiger partial charge in [-0.05, 0) is 52.7 Å². The van der Waals surface area contributed by atoms with Crippen molar-refractivity contribution in [3.63, 3.8) is 0 Å². The lowest BCUT2D eigenvalue weighted by molar-refractivity contribution is 0.611. The van der Waals surface area contributed by atoms with E-state index in [1.54, 1.807) is 30.3 Å². The lowest BCUT2D eigenvalue weighted by Gasteiger charge is -2.09. The zero-order valence-electron chi connectivity index (χ0n) is 11.2. The minimum absolute atomic E-state index is 0.272. The summed E-state index contributed by atoms with van der Waals surface area (Å²) in [6, 6.07) is 9.69. The zero-order chi connectivity index (χ0) is 14.5. The molecule has 4 heteroatoms. The van der Waals surface area contributed by atoms with E-state index in [1.807, 2.05) is 0 Å². The Morgan fingerprint density at radius 3 is 2.65 bits per heavy atom. The lowest BCUT2D eigenvalue weighted by atomic mass is 10.0. The summed E-state index contributed by atoms with van der Waals surface area (Å²) in [5.41, 5.74) is 1.50. The summed E-state index contributed by atoms with van der Waals surface area (Å²) in [4.78, 5) is 0. The molecule has 0 fully saturated rings. The Balaban J connectivity index is 2.35. The van der Waals surface area contributed by atoms with Gasteiger partial charge in [-0.2, -0.15) is 0 Å². The third kappa shape index (κ3) is 3.44. The summed E-state index contributed by atoms with van der Waals surface area (Å²) in [6.45, 7) is 3.63. The SMILES string of the molecule is CCCNCc1ccc(F)c(-c2cccc(Br)c2F)c1. The average molecular weight is 340 g/mol. The molecule has 0 saturated carbocycles. The molecule has 0 atom stereocenters. The Morgan fingerprint density at radius 2 is 1.90 bits per heavy atom. The fourth-order valence-electron chi connectivity index (χ4n) is 2.01. The van der Waals surface area contributed by atoms with E-state index in [4.69, 9.17) is 0 Å². The maximum atomic E-state index is 14.1. The third-order valence-electron chi connectivity index (χ3n) is 3.03. The van der Waals surface area contributed by atoms with Gasteiger partial charge in [0.25, 0.3) is 0 Å². The number of benzene rings is 2. The summed E-state index contributed by atoms with van der Waals surface area (Å²) >= 11 is 3.13. The van der Waals surface area contributed by atoms with Gasteiger partial charge in [0.2, 0.25) is 0 Å².